The Balaban J connectivity index is 2.21. The van der Waals surface area contributed by atoms with E-state index in [1.165, 1.54) is 43.3 Å². The maximum absolute atomic E-state index is 12.5. The number of hydrogen-bond acceptors (Lipinski definition) is 6. The van der Waals surface area contributed by atoms with Crippen molar-refractivity contribution in [3.63, 3.8) is 0 Å². The van der Waals surface area contributed by atoms with Gasteiger partial charge in [-0.15, -0.1) is 0 Å². The fraction of sp³-hybridized carbons (Fsp3) is 0.250. The van der Waals surface area contributed by atoms with E-state index in [0.717, 1.165) is 10.6 Å². The van der Waals surface area contributed by atoms with Crippen LogP contribution in [0.25, 0.3) is 0 Å². The average molecular weight is 453 g/mol. The number of benzene rings is 2. The van der Waals surface area contributed by atoms with Crippen LogP contribution in [-0.4, -0.2) is 45.5 Å². The summed E-state index contributed by atoms with van der Waals surface area (Å²) in [5, 5.41) is 2.63. The number of anilines is 2. The molecule has 160 valence electrons. The van der Waals surface area contributed by atoms with Gasteiger partial charge in [-0.1, -0.05) is 23.7 Å². The third kappa shape index (κ3) is 6.04. The lowest BCUT2D eigenvalue weighted by Crippen LogP contribution is -2.37. The number of rotatable bonds is 8. The van der Waals surface area contributed by atoms with E-state index >= 15 is 0 Å². The van der Waals surface area contributed by atoms with Crippen LogP contribution < -0.4 is 9.62 Å². The van der Waals surface area contributed by atoms with Gasteiger partial charge in [0.25, 0.3) is 0 Å². The van der Waals surface area contributed by atoms with Gasteiger partial charge in [0, 0.05) is 11.3 Å². The summed E-state index contributed by atoms with van der Waals surface area (Å²) in [4.78, 5) is 35.9. The smallest absolute Gasteiger partial charge is 0.339 e. The molecular formula is C20H21ClN2O6S. The van der Waals surface area contributed by atoms with E-state index in [-0.39, 0.29) is 34.4 Å². The van der Waals surface area contributed by atoms with E-state index in [1.54, 1.807) is 13.0 Å². The largest absolute Gasteiger partial charge is 0.462 e. The maximum atomic E-state index is 12.5. The Morgan fingerprint density at radius 3 is 2.40 bits per heavy atom. The van der Waals surface area contributed by atoms with Crippen LogP contribution >= 0.6 is 11.6 Å². The molecule has 0 saturated heterocycles. The van der Waals surface area contributed by atoms with E-state index in [2.05, 4.69) is 5.32 Å². The molecule has 0 aliphatic rings. The maximum Gasteiger partial charge on any atom is 0.339 e. The lowest BCUT2D eigenvalue weighted by atomic mass is 10.1. The Hall–Kier alpha value is -2.91. The molecule has 0 bridgehead atoms. The minimum absolute atomic E-state index is 0.0837. The van der Waals surface area contributed by atoms with Gasteiger partial charge in [-0.05, 0) is 44.2 Å². The highest BCUT2D eigenvalue weighted by atomic mass is 35.5. The molecule has 1 N–H and O–H groups in total. The Morgan fingerprint density at radius 1 is 1.13 bits per heavy atom. The van der Waals surface area contributed by atoms with E-state index in [4.69, 9.17) is 16.3 Å². The summed E-state index contributed by atoms with van der Waals surface area (Å²) in [5.74, 6) is -1.45. The van der Waals surface area contributed by atoms with E-state index in [1.807, 2.05) is 0 Å². The highest BCUT2D eigenvalue weighted by Crippen LogP contribution is 2.23. The molecule has 0 saturated carbocycles. The summed E-state index contributed by atoms with van der Waals surface area (Å²) in [6.07, 6.45) is 0.964. The number of halogens is 1. The van der Waals surface area contributed by atoms with Crippen LogP contribution in [0, 0.1) is 0 Å². The van der Waals surface area contributed by atoms with Crippen molar-refractivity contribution in [1.29, 1.82) is 0 Å². The first kappa shape index (κ1) is 23.4. The van der Waals surface area contributed by atoms with Crippen molar-refractivity contribution in [2.45, 2.75) is 13.8 Å². The van der Waals surface area contributed by atoms with Crippen LogP contribution in [0.4, 0.5) is 11.4 Å². The van der Waals surface area contributed by atoms with Gasteiger partial charge in [0.05, 0.1) is 29.1 Å². The van der Waals surface area contributed by atoms with E-state index in [0.29, 0.717) is 5.56 Å². The molecule has 0 heterocycles. The van der Waals surface area contributed by atoms with Gasteiger partial charge in [-0.25, -0.2) is 13.2 Å². The van der Waals surface area contributed by atoms with E-state index in [9.17, 15) is 22.8 Å². The first-order valence-corrected chi connectivity index (χ1v) is 11.1. The van der Waals surface area contributed by atoms with Gasteiger partial charge in [-0.3, -0.25) is 13.9 Å². The predicted octanol–water partition coefficient (Wildman–Crippen LogP) is 3.12. The lowest BCUT2D eigenvalue weighted by Gasteiger charge is -2.22. The average Bonchev–Trinajstić information content (AvgIpc) is 2.65. The number of nitrogens with zero attached hydrogens (tertiary/aromatic N) is 1. The van der Waals surface area contributed by atoms with Crippen molar-refractivity contribution in [2.24, 2.45) is 0 Å². The molecule has 8 nitrogen and oxygen atoms in total. The molecule has 0 unspecified atom stereocenters. The quantitative estimate of drug-likeness (QED) is 0.486. The molecule has 1 amide bonds. The lowest BCUT2D eigenvalue weighted by molar-refractivity contribution is -0.114. The highest BCUT2D eigenvalue weighted by molar-refractivity contribution is 7.92. The number of ether oxygens (including phenoxy) is 1. The number of esters is 1. The van der Waals surface area contributed by atoms with Crippen LogP contribution in [0.15, 0.2) is 42.5 Å². The molecular weight excluding hydrogens is 432 g/mol. The Kier molecular flexibility index (Phi) is 7.58. The van der Waals surface area contributed by atoms with Crippen LogP contribution in [0.3, 0.4) is 0 Å². The van der Waals surface area contributed by atoms with Crippen molar-refractivity contribution in [3.8, 4) is 0 Å². The van der Waals surface area contributed by atoms with Gasteiger partial charge < -0.3 is 10.1 Å². The Morgan fingerprint density at radius 2 is 1.83 bits per heavy atom. The van der Waals surface area contributed by atoms with E-state index < -0.39 is 28.4 Å². The topological polar surface area (TPSA) is 110 Å². The number of ketones is 1. The monoisotopic (exact) mass is 452 g/mol. The van der Waals surface area contributed by atoms with Crippen molar-refractivity contribution in [1.82, 2.24) is 0 Å². The fourth-order valence-corrected chi connectivity index (χ4v) is 3.68. The summed E-state index contributed by atoms with van der Waals surface area (Å²) in [7, 11) is -3.81. The summed E-state index contributed by atoms with van der Waals surface area (Å²) in [5.41, 5.74) is 0.943. The van der Waals surface area contributed by atoms with Crippen LogP contribution in [0.2, 0.25) is 5.02 Å². The molecule has 0 spiro atoms. The Labute approximate surface area is 179 Å². The van der Waals surface area contributed by atoms with Crippen LogP contribution in [0.1, 0.15) is 34.6 Å². The second-order valence-electron chi connectivity index (χ2n) is 6.34. The zero-order valence-corrected chi connectivity index (χ0v) is 18.2. The molecule has 0 aromatic heterocycles. The number of hydrogen-bond donors (Lipinski definition) is 1. The summed E-state index contributed by atoms with van der Waals surface area (Å²) < 4.78 is 30.2. The summed E-state index contributed by atoms with van der Waals surface area (Å²) in [6.45, 7) is 2.71. The van der Waals surface area contributed by atoms with Gasteiger partial charge in [0.2, 0.25) is 15.9 Å². The number of sulfonamides is 1. The summed E-state index contributed by atoms with van der Waals surface area (Å²) >= 11 is 6.07. The predicted molar refractivity (Wildman–Crippen MR) is 115 cm³/mol. The third-order valence-electron chi connectivity index (χ3n) is 3.98. The fourth-order valence-electron chi connectivity index (χ4n) is 2.58. The SMILES string of the molecule is CCOC(=O)c1ccc(NC(=O)CN(c2cccc(C(C)=O)c2)S(C)(=O)=O)cc1Cl. The van der Waals surface area contributed by atoms with Crippen LogP contribution in [-0.2, 0) is 19.6 Å². The number of nitrogens with one attached hydrogen (secondary N) is 1. The molecule has 0 fully saturated rings. The first-order valence-electron chi connectivity index (χ1n) is 8.88. The molecule has 0 atom stereocenters. The number of Topliss-reactive ketones (excluding diaryl/α,β-unsaturated/α-hetero) is 1. The first-order chi connectivity index (χ1) is 14.0. The molecule has 0 radical (unpaired) electrons. The minimum Gasteiger partial charge on any atom is -0.462 e. The minimum atomic E-state index is -3.81. The normalized spacial score (nSPS) is 10.9. The molecule has 2 aromatic carbocycles. The zero-order chi connectivity index (χ0) is 22.5. The molecule has 10 heteroatoms. The third-order valence-corrected chi connectivity index (χ3v) is 5.43. The number of carbonyl (C=O) groups is 3. The zero-order valence-electron chi connectivity index (χ0n) is 16.6. The van der Waals surface area contributed by atoms with Gasteiger partial charge >= 0.3 is 5.97 Å². The number of carbonyl (C=O) groups excluding carboxylic acids is 3. The highest BCUT2D eigenvalue weighted by Gasteiger charge is 2.22. The second kappa shape index (κ2) is 9.73. The molecule has 0 aliphatic heterocycles. The van der Waals surface area contributed by atoms with Gasteiger partial charge in [0.15, 0.2) is 5.78 Å². The molecule has 0 aliphatic carbocycles. The summed E-state index contributed by atoms with van der Waals surface area (Å²) in [6, 6.07) is 10.2. The standard InChI is InChI=1S/C20H21ClN2O6S/c1-4-29-20(26)17-9-8-15(11-18(17)21)22-19(25)12-23(30(3,27)28)16-7-5-6-14(10-16)13(2)24/h5-11H,4,12H2,1-3H3,(H,22,25). The number of amides is 1. The van der Waals surface area contributed by atoms with Crippen LogP contribution in [0.5, 0.6) is 0 Å². The molecule has 2 rings (SSSR count). The van der Waals surface area contributed by atoms with Crippen molar-refractivity contribution in [3.05, 3.63) is 58.6 Å². The van der Waals surface area contributed by atoms with Crippen molar-refractivity contribution >= 4 is 50.7 Å². The van der Waals surface area contributed by atoms with Crippen molar-refractivity contribution in [2.75, 3.05) is 29.0 Å². The molecule has 2 aromatic rings. The molecule has 30 heavy (non-hydrogen) atoms. The Bertz CT molecular complexity index is 1080. The second-order valence-corrected chi connectivity index (χ2v) is 8.65. The van der Waals surface area contributed by atoms with Gasteiger partial charge in [0.1, 0.15) is 6.54 Å². The van der Waals surface area contributed by atoms with Crippen molar-refractivity contribution < 1.29 is 27.5 Å². The van der Waals surface area contributed by atoms with Gasteiger partial charge in [-0.2, -0.15) is 0 Å².